The Morgan fingerprint density at radius 1 is 1.00 bits per heavy atom. The van der Waals surface area contributed by atoms with E-state index in [2.05, 4.69) is 10.6 Å². The summed E-state index contributed by atoms with van der Waals surface area (Å²) in [4.78, 5) is 38.7. The number of benzene rings is 2. The lowest BCUT2D eigenvalue weighted by atomic mass is 10.0. The molecule has 3 rings (SSSR count). The second kappa shape index (κ2) is 9.34. The second-order valence-electron chi connectivity index (χ2n) is 6.96. The number of imide groups is 1. The maximum Gasteiger partial charge on any atom is 0.278 e. The average Bonchev–Trinajstić information content (AvgIpc) is 2.98. The van der Waals surface area contributed by atoms with E-state index in [1.807, 2.05) is 6.92 Å². The molecule has 1 heterocycles. The maximum atomic E-state index is 13.1. The summed E-state index contributed by atoms with van der Waals surface area (Å²) in [6.07, 6.45) is 0.641. The van der Waals surface area contributed by atoms with Crippen molar-refractivity contribution in [2.75, 3.05) is 31.4 Å². The quantitative estimate of drug-likeness (QED) is 0.633. The fourth-order valence-corrected chi connectivity index (χ4v) is 3.36. The zero-order valence-corrected chi connectivity index (χ0v) is 17.9. The van der Waals surface area contributed by atoms with Gasteiger partial charge in [-0.2, -0.15) is 0 Å². The summed E-state index contributed by atoms with van der Waals surface area (Å²) in [6, 6.07) is 11.9. The largest absolute Gasteiger partial charge is 0.497 e. The first-order chi connectivity index (χ1) is 14.9. The first kappa shape index (κ1) is 21.9. The minimum absolute atomic E-state index is 0.164. The number of hydrogen-bond acceptors (Lipinski definition) is 6. The minimum atomic E-state index is -0.405. The van der Waals surface area contributed by atoms with Crippen molar-refractivity contribution in [3.05, 3.63) is 53.7 Å². The average molecular weight is 423 g/mol. The first-order valence-corrected chi connectivity index (χ1v) is 9.87. The molecule has 2 aromatic rings. The summed E-state index contributed by atoms with van der Waals surface area (Å²) in [6.45, 7) is 3.63. The van der Waals surface area contributed by atoms with Gasteiger partial charge in [0.1, 0.15) is 17.2 Å². The molecule has 0 aliphatic carbocycles. The Morgan fingerprint density at radius 3 is 2.29 bits per heavy atom. The monoisotopic (exact) mass is 423 g/mol. The smallest absolute Gasteiger partial charge is 0.278 e. The van der Waals surface area contributed by atoms with Crippen LogP contribution >= 0.6 is 0 Å². The van der Waals surface area contributed by atoms with E-state index in [4.69, 9.17) is 9.47 Å². The molecule has 0 bridgehead atoms. The Balaban J connectivity index is 2.07. The number of carbonyl (C=O) groups excluding carboxylic acids is 3. The zero-order valence-electron chi connectivity index (χ0n) is 17.9. The molecule has 8 nitrogen and oxygen atoms in total. The van der Waals surface area contributed by atoms with Gasteiger partial charge in [0.2, 0.25) is 5.91 Å². The third kappa shape index (κ3) is 4.53. The van der Waals surface area contributed by atoms with Crippen LogP contribution in [-0.4, -0.2) is 43.4 Å². The van der Waals surface area contributed by atoms with Gasteiger partial charge in [-0.1, -0.05) is 19.1 Å². The maximum absolute atomic E-state index is 13.1. The third-order valence-corrected chi connectivity index (χ3v) is 4.78. The summed E-state index contributed by atoms with van der Waals surface area (Å²) < 4.78 is 10.7. The van der Waals surface area contributed by atoms with Gasteiger partial charge in [0, 0.05) is 25.2 Å². The molecular weight excluding hydrogens is 398 g/mol. The molecule has 0 unspecified atom stereocenters. The number of nitrogens with one attached hydrogen (secondary N) is 2. The van der Waals surface area contributed by atoms with Gasteiger partial charge in [-0.15, -0.1) is 0 Å². The van der Waals surface area contributed by atoms with Crippen LogP contribution in [-0.2, 0) is 14.4 Å². The van der Waals surface area contributed by atoms with Crippen LogP contribution in [0.2, 0.25) is 0 Å². The van der Waals surface area contributed by atoms with Crippen molar-refractivity contribution in [2.45, 2.75) is 20.3 Å². The zero-order chi connectivity index (χ0) is 22.5. The van der Waals surface area contributed by atoms with Crippen LogP contribution in [0.4, 0.5) is 11.4 Å². The van der Waals surface area contributed by atoms with Gasteiger partial charge in [0.25, 0.3) is 11.8 Å². The highest BCUT2D eigenvalue weighted by atomic mass is 16.5. The van der Waals surface area contributed by atoms with Gasteiger partial charge in [-0.25, -0.2) is 0 Å². The minimum Gasteiger partial charge on any atom is -0.497 e. The fourth-order valence-electron chi connectivity index (χ4n) is 3.36. The molecule has 162 valence electrons. The summed E-state index contributed by atoms with van der Waals surface area (Å²) >= 11 is 0. The van der Waals surface area contributed by atoms with E-state index < -0.39 is 5.91 Å². The van der Waals surface area contributed by atoms with Crippen LogP contribution in [0, 0.1) is 0 Å². The predicted octanol–water partition coefficient (Wildman–Crippen LogP) is 3.26. The number of hydrogen-bond donors (Lipinski definition) is 2. The van der Waals surface area contributed by atoms with E-state index in [0.717, 1.165) is 0 Å². The summed E-state index contributed by atoms with van der Waals surface area (Å²) in [5, 5.41) is 5.78. The number of methoxy groups -OCH3 is 2. The van der Waals surface area contributed by atoms with E-state index in [0.29, 0.717) is 41.4 Å². The van der Waals surface area contributed by atoms with Gasteiger partial charge < -0.3 is 20.1 Å². The molecule has 0 radical (unpaired) electrons. The van der Waals surface area contributed by atoms with Crippen LogP contribution in [0.5, 0.6) is 11.5 Å². The van der Waals surface area contributed by atoms with Crippen molar-refractivity contribution >= 4 is 34.7 Å². The molecule has 1 aliphatic heterocycles. The molecule has 0 aromatic heterocycles. The summed E-state index contributed by atoms with van der Waals surface area (Å²) in [5.74, 6) is 0.108. The Morgan fingerprint density at radius 2 is 1.71 bits per heavy atom. The van der Waals surface area contributed by atoms with Gasteiger partial charge in [0.05, 0.1) is 25.5 Å². The van der Waals surface area contributed by atoms with Gasteiger partial charge in [0.15, 0.2) is 0 Å². The highest BCUT2D eigenvalue weighted by molar-refractivity contribution is 6.36. The standard InChI is InChI=1S/C23H25N3O5/c1-5-12-26-22(28)20(15-6-8-16(9-7-15)24-14(2)27)21(23(26)29)25-18-13-17(30-3)10-11-19(18)31-4/h6-11,13,25H,5,12H2,1-4H3,(H,24,27). The lowest BCUT2D eigenvalue weighted by molar-refractivity contribution is -0.136. The number of carbonyl (C=O) groups is 3. The van der Waals surface area contributed by atoms with Crippen molar-refractivity contribution < 1.29 is 23.9 Å². The fraction of sp³-hybridized carbons (Fsp3) is 0.261. The Labute approximate surface area is 180 Å². The summed E-state index contributed by atoms with van der Waals surface area (Å²) in [7, 11) is 3.06. The van der Waals surface area contributed by atoms with Crippen molar-refractivity contribution in [3.63, 3.8) is 0 Å². The van der Waals surface area contributed by atoms with E-state index in [1.165, 1.54) is 18.9 Å². The molecule has 2 N–H and O–H groups in total. The molecule has 31 heavy (non-hydrogen) atoms. The predicted molar refractivity (Wildman–Crippen MR) is 118 cm³/mol. The first-order valence-electron chi connectivity index (χ1n) is 9.87. The molecule has 2 aromatic carbocycles. The molecule has 0 saturated heterocycles. The highest BCUT2D eigenvalue weighted by Crippen LogP contribution is 2.35. The van der Waals surface area contributed by atoms with E-state index >= 15 is 0 Å². The number of amides is 3. The number of rotatable bonds is 8. The van der Waals surface area contributed by atoms with Crippen LogP contribution in [0.15, 0.2) is 48.2 Å². The normalized spacial score (nSPS) is 13.5. The molecule has 8 heteroatoms. The third-order valence-electron chi connectivity index (χ3n) is 4.78. The van der Waals surface area contributed by atoms with Crippen molar-refractivity contribution in [2.24, 2.45) is 0 Å². The van der Waals surface area contributed by atoms with Gasteiger partial charge in [-0.05, 0) is 36.2 Å². The van der Waals surface area contributed by atoms with Crippen LogP contribution < -0.4 is 20.1 Å². The van der Waals surface area contributed by atoms with Crippen molar-refractivity contribution in [3.8, 4) is 11.5 Å². The molecular formula is C23H25N3O5. The van der Waals surface area contributed by atoms with Crippen molar-refractivity contribution in [1.29, 1.82) is 0 Å². The van der Waals surface area contributed by atoms with E-state index in [9.17, 15) is 14.4 Å². The Bertz CT molecular complexity index is 1040. The molecule has 0 saturated carbocycles. The molecule has 1 aliphatic rings. The van der Waals surface area contributed by atoms with Gasteiger partial charge >= 0.3 is 0 Å². The van der Waals surface area contributed by atoms with Crippen LogP contribution in [0.3, 0.4) is 0 Å². The molecule has 3 amide bonds. The molecule has 0 fully saturated rings. The number of nitrogens with zero attached hydrogens (tertiary/aromatic N) is 1. The Hall–Kier alpha value is -3.81. The highest BCUT2D eigenvalue weighted by Gasteiger charge is 2.39. The number of anilines is 2. The molecule has 0 spiro atoms. The SMILES string of the molecule is CCCN1C(=O)C(Nc2cc(OC)ccc2OC)=C(c2ccc(NC(C)=O)cc2)C1=O. The lowest BCUT2D eigenvalue weighted by Crippen LogP contribution is -2.33. The van der Waals surface area contributed by atoms with Crippen LogP contribution in [0.25, 0.3) is 5.57 Å². The molecule has 0 atom stereocenters. The Kier molecular flexibility index (Phi) is 6.59. The van der Waals surface area contributed by atoms with E-state index in [-0.39, 0.29) is 23.1 Å². The topological polar surface area (TPSA) is 97.0 Å². The lowest BCUT2D eigenvalue weighted by Gasteiger charge is -2.15. The summed E-state index contributed by atoms with van der Waals surface area (Å²) in [5.41, 5.74) is 2.09. The van der Waals surface area contributed by atoms with Crippen LogP contribution in [0.1, 0.15) is 25.8 Å². The second-order valence-corrected chi connectivity index (χ2v) is 6.96. The van der Waals surface area contributed by atoms with Crippen molar-refractivity contribution in [1.82, 2.24) is 4.90 Å². The number of ether oxygens (including phenoxy) is 2. The van der Waals surface area contributed by atoms with Gasteiger partial charge in [-0.3, -0.25) is 19.3 Å². The van der Waals surface area contributed by atoms with E-state index in [1.54, 1.807) is 49.6 Å².